The molecule has 0 amide bonds. The molecule has 1 atom stereocenters. The molecule has 118 valence electrons. The van der Waals surface area contributed by atoms with Crippen LogP contribution in [0.1, 0.15) is 25.0 Å². The van der Waals surface area contributed by atoms with Crippen LogP contribution in [0.5, 0.6) is 0 Å². The lowest BCUT2D eigenvalue weighted by Gasteiger charge is -2.29. The summed E-state index contributed by atoms with van der Waals surface area (Å²) in [6, 6.07) is 16.9. The van der Waals surface area contributed by atoms with Crippen LogP contribution in [0.3, 0.4) is 0 Å². The molecule has 0 aliphatic rings. The van der Waals surface area contributed by atoms with E-state index in [0.717, 1.165) is 11.1 Å². The smallest absolute Gasteiger partial charge is 0.123 e. The number of hydrogen-bond acceptors (Lipinski definition) is 2. The number of nitrogens with zero attached hydrogens (tertiary/aromatic N) is 1. The molecule has 0 spiro atoms. The molecular weight excluding hydrogens is 277 g/mol. The zero-order chi connectivity index (χ0) is 15.9. The Kier molecular flexibility index (Phi) is 6.10. The van der Waals surface area contributed by atoms with E-state index in [1.165, 1.54) is 12.1 Å². The minimum Gasteiger partial charge on any atom is -0.391 e. The number of rotatable bonds is 7. The third-order valence-electron chi connectivity index (χ3n) is 3.79. The maximum Gasteiger partial charge on any atom is 0.123 e. The first kappa shape index (κ1) is 16.7. The second-order valence-electron chi connectivity index (χ2n) is 5.99. The van der Waals surface area contributed by atoms with Gasteiger partial charge in [-0.1, -0.05) is 42.5 Å². The van der Waals surface area contributed by atoms with Gasteiger partial charge in [0.15, 0.2) is 0 Å². The highest BCUT2D eigenvalue weighted by molar-refractivity contribution is 5.17. The SMILES string of the molecule is CC(C)N(Cc1ccc(F)cc1)CC(O)Cc1ccccc1. The Morgan fingerprint density at radius 3 is 2.18 bits per heavy atom. The van der Waals surface area contributed by atoms with Crippen molar-refractivity contribution in [3.8, 4) is 0 Å². The van der Waals surface area contributed by atoms with E-state index in [4.69, 9.17) is 0 Å². The van der Waals surface area contributed by atoms with E-state index in [9.17, 15) is 9.50 Å². The molecule has 0 heterocycles. The minimum absolute atomic E-state index is 0.219. The van der Waals surface area contributed by atoms with Crippen molar-refractivity contribution >= 4 is 0 Å². The monoisotopic (exact) mass is 301 g/mol. The molecule has 2 rings (SSSR count). The van der Waals surface area contributed by atoms with Crippen molar-refractivity contribution in [3.05, 3.63) is 71.5 Å². The molecule has 1 unspecified atom stereocenters. The third kappa shape index (κ3) is 5.24. The van der Waals surface area contributed by atoms with E-state index in [2.05, 4.69) is 18.7 Å². The van der Waals surface area contributed by atoms with Crippen molar-refractivity contribution < 1.29 is 9.50 Å². The highest BCUT2D eigenvalue weighted by Crippen LogP contribution is 2.12. The Bertz CT molecular complexity index is 553. The van der Waals surface area contributed by atoms with Crippen molar-refractivity contribution in [1.29, 1.82) is 0 Å². The van der Waals surface area contributed by atoms with Gasteiger partial charge in [0.2, 0.25) is 0 Å². The van der Waals surface area contributed by atoms with Crippen LogP contribution in [0.4, 0.5) is 4.39 Å². The predicted molar refractivity (Wildman–Crippen MR) is 88.1 cm³/mol. The summed E-state index contributed by atoms with van der Waals surface area (Å²) in [5.41, 5.74) is 2.20. The molecule has 1 N–H and O–H groups in total. The fourth-order valence-electron chi connectivity index (χ4n) is 2.50. The van der Waals surface area contributed by atoms with E-state index in [1.54, 1.807) is 12.1 Å². The molecule has 0 saturated heterocycles. The summed E-state index contributed by atoms with van der Waals surface area (Å²) in [5, 5.41) is 10.3. The van der Waals surface area contributed by atoms with Crippen molar-refractivity contribution in [1.82, 2.24) is 4.90 Å². The van der Waals surface area contributed by atoms with Crippen LogP contribution < -0.4 is 0 Å². The number of aliphatic hydroxyl groups excluding tert-OH is 1. The van der Waals surface area contributed by atoms with Crippen LogP contribution in [0.2, 0.25) is 0 Å². The highest BCUT2D eigenvalue weighted by atomic mass is 19.1. The summed E-state index contributed by atoms with van der Waals surface area (Å²) >= 11 is 0. The van der Waals surface area contributed by atoms with Gasteiger partial charge < -0.3 is 5.11 Å². The van der Waals surface area contributed by atoms with Crippen molar-refractivity contribution in [2.24, 2.45) is 0 Å². The maximum atomic E-state index is 13.0. The quantitative estimate of drug-likeness (QED) is 0.844. The fraction of sp³-hybridized carbons (Fsp3) is 0.368. The molecule has 0 aliphatic heterocycles. The first-order valence-electron chi connectivity index (χ1n) is 7.75. The van der Waals surface area contributed by atoms with Gasteiger partial charge in [-0.25, -0.2) is 4.39 Å². The number of hydrogen-bond donors (Lipinski definition) is 1. The molecule has 2 aromatic carbocycles. The van der Waals surface area contributed by atoms with E-state index < -0.39 is 6.10 Å². The molecule has 0 radical (unpaired) electrons. The van der Waals surface area contributed by atoms with Gasteiger partial charge in [0, 0.05) is 19.1 Å². The standard InChI is InChI=1S/C19H24FNO/c1-15(2)21(13-17-8-10-18(20)11-9-17)14-19(22)12-16-6-4-3-5-7-16/h3-11,15,19,22H,12-14H2,1-2H3. The van der Waals surface area contributed by atoms with Crippen LogP contribution in [-0.2, 0) is 13.0 Å². The summed E-state index contributed by atoms with van der Waals surface area (Å²) in [7, 11) is 0. The van der Waals surface area contributed by atoms with Crippen LogP contribution in [0.15, 0.2) is 54.6 Å². The molecule has 0 aromatic heterocycles. The Morgan fingerprint density at radius 2 is 1.59 bits per heavy atom. The van der Waals surface area contributed by atoms with Gasteiger partial charge in [0.1, 0.15) is 5.82 Å². The highest BCUT2D eigenvalue weighted by Gasteiger charge is 2.15. The van der Waals surface area contributed by atoms with Crippen molar-refractivity contribution in [2.45, 2.75) is 39.0 Å². The van der Waals surface area contributed by atoms with Crippen LogP contribution in [0.25, 0.3) is 0 Å². The lowest BCUT2D eigenvalue weighted by atomic mass is 10.1. The molecule has 3 heteroatoms. The normalized spacial score (nSPS) is 12.8. The molecule has 0 aliphatic carbocycles. The molecule has 0 fully saturated rings. The molecule has 2 aromatic rings. The lowest BCUT2D eigenvalue weighted by Crippen LogP contribution is -2.37. The van der Waals surface area contributed by atoms with Crippen molar-refractivity contribution in [2.75, 3.05) is 6.54 Å². The molecular formula is C19H24FNO. The molecule has 2 nitrogen and oxygen atoms in total. The second-order valence-corrected chi connectivity index (χ2v) is 5.99. The van der Waals surface area contributed by atoms with Gasteiger partial charge in [-0.3, -0.25) is 4.90 Å². The lowest BCUT2D eigenvalue weighted by molar-refractivity contribution is 0.0908. The molecule has 22 heavy (non-hydrogen) atoms. The van der Waals surface area contributed by atoms with E-state index >= 15 is 0 Å². The summed E-state index contributed by atoms with van der Waals surface area (Å²) in [6.45, 7) is 5.53. The van der Waals surface area contributed by atoms with E-state index in [0.29, 0.717) is 25.6 Å². The zero-order valence-corrected chi connectivity index (χ0v) is 13.2. The summed E-state index contributed by atoms with van der Waals surface area (Å²) in [6.07, 6.45) is 0.235. The Balaban J connectivity index is 1.94. The largest absolute Gasteiger partial charge is 0.391 e. The third-order valence-corrected chi connectivity index (χ3v) is 3.79. The van der Waals surface area contributed by atoms with Crippen molar-refractivity contribution in [3.63, 3.8) is 0 Å². The first-order valence-corrected chi connectivity index (χ1v) is 7.75. The van der Waals surface area contributed by atoms with Crippen LogP contribution in [-0.4, -0.2) is 28.7 Å². The fourth-order valence-corrected chi connectivity index (χ4v) is 2.50. The summed E-state index contributed by atoms with van der Waals surface area (Å²) < 4.78 is 13.0. The topological polar surface area (TPSA) is 23.5 Å². The Labute approximate surface area is 132 Å². The van der Waals surface area contributed by atoms with Gasteiger partial charge in [0.05, 0.1) is 6.10 Å². The molecule has 0 bridgehead atoms. The number of aliphatic hydroxyl groups is 1. The maximum absolute atomic E-state index is 13.0. The average molecular weight is 301 g/mol. The van der Waals surface area contributed by atoms with Crippen LogP contribution in [0, 0.1) is 5.82 Å². The van der Waals surface area contributed by atoms with Crippen LogP contribution >= 0.6 is 0 Å². The average Bonchev–Trinajstić information content (AvgIpc) is 2.49. The van der Waals surface area contributed by atoms with E-state index in [1.807, 2.05) is 30.3 Å². The second kappa shape index (κ2) is 8.06. The van der Waals surface area contributed by atoms with Gasteiger partial charge in [-0.15, -0.1) is 0 Å². The van der Waals surface area contributed by atoms with Gasteiger partial charge in [0.25, 0.3) is 0 Å². The Morgan fingerprint density at radius 1 is 0.955 bits per heavy atom. The Hall–Kier alpha value is -1.71. The summed E-state index contributed by atoms with van der Waals surface area (Å²) in [4.78, 5) is 2.21. The summed E-state index contributed by atoms with van der Waals surface area (Å²) in [5.74, 6) is -0.219. The van der Waals surface area contributed by atoms with Gasteiger partial charge in [-0.05, 0) is 43.5 Å². The first-order chi connectivity index (χ1) is 10.5. The van der Waals surface area contributed by atoms with E-state index in [-0.39, 0.29) is 5.82 Å². The number of halogens is 1. The molecule has 0 saturated carbocycles. The predicted octanol–water partition coefficient (Wildman–Crippen LogP) is 3.64. The van der Waals surface area contributed by atoms with Gasteiger partial charge in [-0.2, -0.15) is 0 Å². The zero-order valence-electron chi connectivity index (χ0n) is 13.2. The van der Waals surface area contributed by atoms with Gasteiger partial charge >= 0.3 is 0 Å². The minimum atomic E-state index is -0.412. The number of benzene rings is 2.